The maximum absolute atomic E-state index is 13.8. The lowest BCUT2D eigenvalue weighted by Crippen LogP contribution is -2.48. The summed E-state index contributed by atoms with van der Waals surface area (Å²) >= 11 is 0. The van der Waals surface area contributed by atoms with Gasteiger partial charge in [-0.05, 0) is 50.4 Å². The van der Waals surface area contributed by atoms with Gasteiger partial charge < -0.3 is 19.8 Å². The third-order valence-electron chi connectivity index (χ3n) is 4.81. The molecule has 0 heterocycles. The van der Waals surface area contributed by atoms with E-state index in [1.54, 1.807) is 32.8 Å². The number of rotatable bonds is 10. The predicted octanol–water partition coefficient (Wildman–Crippen LogP) is 4.02. The van der Waals surface area contributed by atoms with Gasteiger partial charge in [-0.1, -0.05) is 52.8 Å². The Bertz CT molecular complexity index is 847. The maximum atomic E-state index is 13.8. The molecule has 0 aliphatic carbocycles. The Labute approximate surface area is 195 Å². The minimum absolute atomic E-state index is 0.0971. The molecule has 0 bridgehead atoms. The summed E-state index contributed by atoms with van der Waals surface area (Å²) in [7, 11) is 0.0548. The van der Waals surface area contributed by atoms with Crippen molar-refractivity contribution in [1.29, 1.82) is 0 Å². The summed E-state index contributed by atoms with van der Waals surface area (Å²) in [6.07, 6.45) is 0.381. The molecule has 10 nitrogen and oxygen atoms in total. The highest BCUT2D eigenvalue weighted by Crippen LogP contribution is 2.49. The average molecular weight is 489 g/mol. The van der Waals surface area contributed by atoms with E-state index in [0.717, 1.165) is 11.1 Å². The zero-order valence-corrected chi connectivity index (χ0v) is 21.5. The third kappa shape index (κ3) is 9.53. The third-order valence-corrected chi connectivity index (χ3v) is 7.06. The highest BCUT2D eigenvalue weighted by atomic mass is 31.2. The van der Waals surface area contributed by atoms with Gasteiger partial charge in [-0.15, -0.1) is 0 Å². The van der Waals surface area contributed by atoms with Crippen LogP contribution in [0, 0.1) is 0 Å². The van der Waals surface area contributed by atoms with Crippen molar-refractivity contribution in [3.05, 3.63) is 29.3 Å². The Balaban J connectivity index is 0.00000150. The van der Waals surface area contributed by atoms with Crippen molar-refractivity contribution in [2.24, 2.45) is 0 Å². The van der Waals surface area contributed by atoms with Gasteiger partial charge in [0.25, 0.3) is 0 Å². The quantitative estimate of drug-likeness (QED) is 0.280. The van der Waals surface area contributed by atoms with Crippen molar-refractivity contribution in [3.8, 4) is 5.75 Å². The summed E-state index contributed by atoms with van der Waals surface area (Å²) in [4.78, 5) is 31.7. The Morgan fingerprint density at radius 2 is 1.45 bits per heavy atom. The van der Waals surface area contributed by atoms with E-state index in [2.05, 4.69) is 32.8 Å². The lowest BCUT2D eigenvalue weighted by atomic mass is 9.94. The normalized spacial score (nSPS) is 14.8. The number of hydrogen-bond acceptors (Lipinski definition) is 6. The predicted molar refractivity (Wildman–Crippen MR) is 126 cm³/mol. The Morgan fingerprint density at radius 1 is 1.03 bits per heavy atom. The monoisotopic (exact) mass is 488 g/mol. The molecule has 4 N–H and O–H groups in total. The molecule has 0 aromatic heterocycles. The minimum atomic E-state index is -3.53. The molecule has 1 rings (SSSR count). The van der Waals surface area contributed by atoms with Crippen molar-refractivity contribution in [1.82, 2.24) is 9.99 Å². The van der Waals surface area contributed by atoms with Crippen LogP contribution in [0.15, 0.2) is 18.2 Å². The van der Waals surface area contributed by atoms with Crippen LogP contribution in [0.2, 0.25) is 0 Å². The van der Waals surface area contributed by atoms with Crippen LogP contribution in [0.4, 0.5) is 0 Å². The highest BCUT2D eigenvalue weighted by molar-refractivity contribution is 7.57. The zero-order valence-electron chi connectivity index (χ0n) is 20.6. The van der Waals surface area contributed by atoms with Crippen LogP contribution in [0.5, 0.6) is 5.75 Å². The number of benzene rings is 1. The second-order valence-corrected chi connectivity index (χ2v) is 10.8. The molecular weight excluding hydrogens is 451 g/mol. The number of nitrogens with one attached hydrogen (secondary N) is 1. The molecular formula is C22H37N2O8P. The zero-order chi connectivity index (χ0) is 26.1. The molecule has 1 aromatic carbocycles. The Kier molecular flexibility index (Phi) is 11.8. The van der Waals surface area contributed by atoms with Gasteiger partial charge >= 0.3 is 25.4 Å². The van der Waals surface area contributed by atoms with E-state index in [0.29, 0.717) is 5.75 Å². The molecule has 33 heavy (non-hydrogen) atoms. The van der Waals surface area contributed by atoms with E-state index in [-0.39, 0.29) is 24.5 Å². The number of carboxylic acid groups (broad SMARTS) is 3. The van der Waals surface area contributed by atoms with Gasteiger partial charge in [-0.3, -0.25) is 14.3 Å². The number of hydrogen-bond donors (Lipinski definition) is 4. The summed E-state index contributed by atoms with van der Waals surface area (Å²) in [5.74, 6) is -3.73. The molecule has 188 valence electrons. The standard InChI is InChI=1S/C20H35N2O4P.C2H2O4/c1-9-20(6,19(23)24)21-27(25,13-22(7)8)26-18-16(14(2)3)11-10-12-17(18)15(4)5;3-1(4)2(5)6/h10-12,14-15H,9,13H2,1-8H3,(H,21,25)(H,23,24);(H,3,4)(H,5,6). The first-order chi connectivity index (χ1) is 15.0. The van der Waals surface area contributed by atoms with Crippen LogP contribution < -0.4 is 9.61 Å². The summed E-state index contributed by atoms with van der Waals surface area (Å²) in [6, 6.07) is 5.93. The van der Waals surface area contributed by atoms with Crippen LogP contribution >= 0.6 is 7.52 Å². The lowest BCUT2D eigenvalue weighted by molar-refractivity contribution is -0.159. The van der Waals surface area contributed by atoms with Crippen molar-refractivity contribution >= 4 is 25.4 Å². The fourth-order valence-corrected chi connectivity index (χ4v) is 5.28. The van der Waals surface area contributed by atoms with Gasteiger partial charge in [-0.25, -0.2) is 14.7 Å². The van der Waals surface area contributed by atoms with E-state index in [9.17, 15) is 14.5 Å². The van der Waals surface area contributed by atoms with Crippen LogP contribution in [-0.4, -0.2) is 64.0 Å². The number of para-hydroxylation sites is 1. The molecule has 0 radical (unpaired) electrons. The molecule has 0 aliphatic heterocycles. The molecule has 2 unspecified atom stereocenters. The van der Waals surface area contributed by atoms with E-state index in [1.807, 2.05) is 18.2 Å². The van der Waals surface area contributed by atoms with Crippen LogP contribution in [0.1, 0.15) is 70.9 Å². The second kappa shape index (κ2) is 12.7. The van der Waals surface area contributed by atoms with Crippen molar-refractivity contribution in [2.45, 2.75) is 65.3 Å². The number of carbonyl (C=O) groups is 3. The average Bonchev–Trinajstić information content (AvgIpc) is 2.66. The minimum Gasteiger partial charge on any atom is -0.480 e. The number of nitrogens with zero attached hydrogens (tertiary/aromatic N) is 1. The van der Waals surface area contributed by atoms with Crippen molar-refractivity contribution < 1.29 is 38.8 Å². The molecule has 1 aromatic rings. The SMILES string of the molecule is CCC(C)(NP(=O)(CN(C)C)Oc1c(C(C)C)cccc1C(C)C)C(=O)O.O=C(O)C(=O)O. The lowest BCUT2D eigenvalue weighted by Gasteiger charge is -2.33. The molecule has 2 atom stereocenters. The highest BCUT2D eigenvalue weighted by Gasteiger charge is 2.41. The smallest absolute Gasteiger partial charge is 0.414 e. The van der Waals surface area contributed by atoms with Crippen molar-refractivity contribution in [3.63, 3.8) is 0 Å². The van der Waals surface area contributed by atoms with Gasteiger partial charge in [0.2, 0.25) is 0 Å². The largest absolute Gasteiger partial charge is 0.480 e. The topological polar surface area (TPSA) is 153 Å². The molecule has 0 saturated carbocycles. The van der Waals surface area contributed by atoms with Gasteiger partial charge in [0, 0.05) is 0 Å². The summed E-state index contributed by atoms with van der Waals surface area (Å²) in [5.41, 5.74) is 0.599. The van der Waals surface area contributed by atoms with E-state index < -0.39 is 31.0 Å². The van der Waals surface area contributed by atoms with E-state index in [4.69, 9.17) is 24.3 Å². The molecule has 0 amide bonds. The molecule has 0 saturated heterocycles. The first-order valence-electron chi connectivity index (χ1n) is 10.5. The van der Waals surface area contributed by atoms with Gasteiger partial charge in [0.05, 0.1) is 0 Å². The fourth-order valence-electron chi connectivity index (χ4n) is 2.85. The van der Waals surface area contributed by atoms with E-state index in [1.165, 1.54) is 0 Å². The second-order valence-electron chi connectivity index (χ2n) is 8.77. The molecule has 0 fully saturated rings. The first-order valence-corrected chi connectivity index (χ1v) is 12.4. The Hall–Kier alpha value is -2.42. The first kappa shape index (κ1) is 30.6. The molecule has 0 aliphatic rings. The van der Waals surface area contributed by atoms with E-state index >= 15 is 0 Å². The molecule has 0 spiro atoms. The Morgan fingerprint density at radius 3 is 1.73 bits per heavy atom. The van der Waals surface area contributed by atoms with Gasteiger partial charge in [-0.2, -0.15) is 0 Å². The van der Waals surface area contributed by atoms with Crippen LogP contribution in [0.25, 0.3) is 0 Å². The maximum Gasteiger partial charge on any atom is 0.414 e. The van der Waals surface area contributed by atoms with Gasteiger partial charge in [0.1, 0.15) is 17.6 Å². The summed E-state index contributed by atoms with van der Waals surface area (Å²) in [6.45, 7) is 11.5. The van der Waals surface area contributed by atoms with Crippen LogP contribution in [-0.2, 0) is 18.9 Å². The van der Waals surface area contributed by atoms with Crippen LogP contribution in [0.3, 0.4) is 0 Å². The van der Waals surface area contributed by atoms with Crippen molar-refractivity contribution in [2.75, 3.05) is 20.4 Å². The fraction of sp³-hybridized carbons (Fsp3) is 0.591. The van der Waals surface area contributed by atoms with Gasteiger partial charge in [0.15, 0.2) is 0 Å². The summed E-state index contributed by atoms with van der Waals surface area (Å²) < 4.78 is 20.0. The number of aliphatic carboxylic acids is 3. The summed E-state index contributed by atoms with van der Waals surface area (Å²) in [5, 5.41) is 27.3. The number of carboxylic acids is 3. The molecule has 11 heteroatoms.